The largest absolute Gasteiger partial charge is 0.349 e. The van der Waals surface area contributed by atoms with E-state index in [1.54, 1.807) is 42.5 Å². The van der Waals surface area contributed by atoms with Crippen LogP contribution in [0, 0.1) is 6.92 Å². The summed E-state index contributed by atoms with van der Waals surface area (Å²) >= 11 is 3.40. The number of sulfonamides is 1. The van der Waals surface area contributed by atoms with Gasteiger partial charge in [-0.15, -0.1) is 0 Å². The molecule has 0 heterocycles. The average molecular weight is 522 g/mol. The minimum atomic E-state index is -3.70. The molecule has 0 atom stereocenters. The highest BCUT2D eigenvalue weighted by atomic mass is 79.9. The van der Waals surface area contributed by atoms with Gasteiger partial charge >= 0.3 is 0 Å². The fourth-order valence-electron chi connectivity index (χ4n) is 3.80. The second-order valence-electron chi connectivity index (χ2n) is 8.11. The van der Waals surface area contributed by atoms with E-state index in [-0.39, 0.29) is 11.9 Å². The van der Waals surface area contributed by atoms with Crippen LogP contribution in [0.1, 0.15) is 48.0 Å². The third-order valence-corrected chi connectivity index (χ3v) is 7.53. The third-order valence-electron chi connectivity index (χ3n) is 5.50. The number of rotatable bonds is 7. The van der Waals surface area contributed by atoms with Crippen molar-refractivity contribution < 1.29 is 18.0 Å². The standard InChI is InChI=1S/C23H28BrN3O4S/c1-16-14-18(12-13-20(16)24)27(32(2,30)31)15-22(28)26-21-11-7-6-10-19(21)23(29)25-17-8-4-3-5-9-17/h6-7,10-14,17H,3-5,8-9,15H2,1-2H3,(H,25,29)(H,26,28). The Morgan fingerprint density at radius 2 is 1.78 bits per heavy atom. The van der Waals surface area contributed by atoms with Crippen LogP contribution in [0.25, 0.3) is 0 Å². The number of carbonyl (C=O) groups excluding carboxylic acids is 2. The minimum Gasteiger partial charge on any atom is -0.349 e. The quantitative estimate of drug-likeness (QED) is 0.569. The van der Waals surface area contributed by atoms with Crippen LogP contribution < -0.4 is 14.9 Å². The van der Waals surface area contributed by atoms with Crippen LogP contribution in [0.15, 0.2) is 46.9 Å². The first-order valence-corrected chi connectivity index (χ1v) is 13.2. The van der Waals surface area contributed by atoms with E-state index in [1.165, 1.54) is 6.42 Å². The molecule has 2 aromatic rings. The van der Waals surface area contributed by atoms with Crippen molar-refractivity contribution in [1.82, 2.24) is 5.32 Å². The summed E-state index contributed by atoms with van der Waals surface area (Å²) in [5.41, 5.74) is 1.95. The number of aryl methyl sites for hydroxylation is 1. The van der Waals surface area contributed by atoms with Crippen LogP contribution in [0.3, 0.4) is 0 Å². The highest BCUT2D eigenvalue weighted by Crippen LogP contribution is 2.25. The second-order valence-corrected chi connectivity index (χ2v) is 10.9. The van der Waals surface area contributed by atoms with E-state index < -0.39 is 22.5 Å². The number of hydrogen-bond acceptors (Lipinski definition) is 4. The Balaban J connectivity index is 1.75. The van der Waals surface area contributed by atoms with Gasteiger partial charge in [0.2, 0.25) is 15.9 Å². The summed E-state index contributed by atoms with van der Waals surface area (Å²) in [6.45, 7) is 1.44. The SMILES string of the molecule is Cc1cc(N(CC(=O)Nc2ccccc2C(=O)NC2CCCCC2)S(C)(=O)=O)ccc1Br. The molecule has 1 fully saturated rings. The predicted molar refractivity (Wildman–Crippen MR) is 130 cm³/mol. The lowest BCUT2D eigenvalue weighted by Gasteiger charge is -2.24. The van der Waals surface area contributed by atoms with Crippen molar-refractivity contribution in [2.24, 2.45) is 0 Å². The van der Waals surface area contributed by atoms with Gasteiger partial charge in [0.25, 0.3) is 5.91 Å². The van der Waals surface area contributed by atoms with E-state index in [9.17, 15) is 18.0 Å². The van der Waals surface area contributed by atoms with Crippen molar-refractivity contribution in [3.05, 3.63) is 58.1 Å². The van der Waals surface area contributed by atoms with Crippen molar-refractivity contribution in [2.45, 2.75) is 45.1 Å². The van der Waals surface area contributed by atoms with Gasteiger partial charge in [-0.2, -0.15) is 0 Å². The van der Waals surface area contributed by atoms with Crippen LogP contribution in [0.5, 0.6) is 0 Å². The van der Waals surface area contributed by atoms with Gasteiger partial charge in [-0.3, -0.25) is 13.9 Å². The highest BCUT2D eigenvalue weighted by Gasteiger charge is 2.23. The van der Waals surface area contributed by atoms with Crippen molar-refractivity contribution in [3.63, 3.8) is 0 Å². The minimum absolute atomic E-state index is 0.140. The molecule has 1 aliphatic carbocycles. The summed E-state index contributed by atoms with van der Waals surface area (Å²) in [6, 6.07) is 12.0. The molecular formula is C23H28BrN3O4S. The van der Waals surface area contributed by atoms with Gasteiger partial charge in [0, 0.05) is 10.5 Å². The summed E-state index contributed by atoms with van der Waals surface area (Å²) in [5, 5.41) is 5.76. The van der Waals surface area contributed by atoms with Gasteiger partial charge in [0.1, 0.15) is 6.54 Å². The fourth-order valence-corrected chi connectivity index (χ4v) is 4.90. The highest BCUT2D eigenvalue weighted by molar-refractivity contribution is 9.10. The zero-order valence-electron chi connectivity index (χ0n) is 18.2. The molecule has 0 radical (unpaired) electrons. The smallest absolute Gasteiger partial charge is 0.253 e. The summed E-state index contributed by atoms with van der Waals surface area (Å²) in [6.07, 6.45) is 6.35. The Morgan fingerprint density at radius 3 is 2.44 bits per heavy atom. The molecule has 2 N–H and O–H groups in total. The lowest BCUT2D eigenvalue weighted by molar-refractivity contribution is -0.114. The molecule has 3 rings (SSSR count). The maximum Gasteiger partial charge on any atom is 0.253 e. The van der Waals surface area contributed by atoms with Gasteiger partial charge in [-0.25, -0.2) is 8.42 Å². The number of halogens is 1. The summed E-state index contributed by atoms with van der Waals surface area (Å²) in [4.78, 5) is 25.6. The lowest BCUT2D eigenvalue weighted by Crippen LogP contribution is -2.38. The second kappa shape index (κ2) is 10.5. The van der Waals surface area contributed by atoms with Crippen LogP contribution >= 0.6 is 15.9 Å². The molecule has 0 spiro atoms. The molecular weight excluding hydrogens is 494 g/mol. The average Bonchev–Trinajstić information content (AvgIpc) is 2.74. The molecule has 7 nitrogen and oxygen atoms in total. The first-order valence-electron chi connectivity index (χ1n) is 10.6. The number of benzene rings is 2. The maximum atomic E-state index is 12.8. The molecule has 0 saturated heterocycles. The number of anilines is 2. The number of para-hydroxylation sites is 1. The Labute approximate surface area is 197 Å². The lowest BCUT2D eigenvalue weighted by atomic mass is 9.95. The monoisotopic (exact) mass is 521 g/mol. The number of nitrogens with one attached hydrogen (secondary N) is 2. The predicted octanol–water partition coefficient (Wildman–Crippen LogP) is 4.22. The number of hydrogen-bond donors (Lipinski definition) is 2. The third kappa shape index (κ3) is 6.32. The van der Waals surface area contributed by atoms with E-state index in [0.717, 1.165) is 46.3 Å². The van der Waals surface area contributed by atoms with Gasteiger partial charge in [0.05, 0.1) is 23.2 Å². The zero-order chi connectivity index (χ0) is 23.3. The Morgan fingerprint density at radius 1 is 1.09 bits per heavy atom. The number of carbonyl (C=O) groups is 2. The van der Waals surface area contributed by atoms with Crippen LogP contribution in [0.2, 0.25) is 0 Å². The summed E-state index contributed by atoms with van der Waals surface area (Å²) in [5.74, 6) is -0.773. The van der Waals surface area contributed by atoms with E-state index >= 15 is 0 Å². The summed E-state index contributed by atoms with van der Waals surface area (Å²) in [7, 11) is -3.70. The molecule has 1 saturated carbocycles. The van der Waals surface area contributed by atoms with E-state index in [4.69, 9.17) is 0 Å². The number of nitrogens with zero attached hydrogens (tertiary/aromatic N) is 1. The van der Waals surface area contributed by atoms with Crippen molar-refractivity contribution in [2.75, 3.05) is 22.4 Å². The topological polar surface area (TPSA) is 95.6 Å². The van der Waals surface area contributed by atoms with E-state index in [1.807, 2.05) is 6.92 Å². The van der Waals surface area contributed by atoms with Crippen molar-refractivity contribution >= 4 is 49.1 Å². The first-order chi connectivity index (χ1) is 15.1. The summed E-state index contributed by atoms with van der Waals surface area (Å²) < 4.78 is 26.7. The molecule has 0 aliphatic heterocycles. The van der Waals surface area contributed by atoms with Gasteiger partial charge in [-0.05, 0) is 55.7 Å². The van der Waals surface area contributed by atoms with E-state index in [0.29, 0.717) is 16.9 Å². The Hall–Kier alpha value is -2.39. The first kappa shape index (κ1) is 24.3. The maximum absolute atomic E-state index is 12.8. The molecule has 172 valence electrons. The van der Waals surface area contributed by atoms with Crippen LogP contribution in [-0.2, 0) is 14.8 Å². The normalized spacial score (nSPS) is 14.6. The molecule has 0 aromatic heterocycles. The van der Waals surface area contributed by atoms with Crippen molar-refractivity contribution in [1.29, 1.82) is 0 Å². The van der Waals surface area contributed by atoms with Crippen molar-refractivity contribution in [3.8, 4) is 0 Å². The molecule has 1 aliphatic rings. The molecule has 2 aromatic carbocycles. The van der Waals surface area contributed by atoms with Gasteiger partial charge < -0.3 is 10.6 Å². The molecule has 32 heavy (non-hydrogen) atoms. The van der Waals surface area contributed by atoms with Gasteiger partial charge in [0.15, 0.2) is 0 Å². The molecule has 2 amide bonds. The fraction of sp³-hybridized carbons (Fsp3) is 0.391. The Bertz CT molecular complexity index is 1100. The Kier molecular flexibility index (Phi) is 7.95. The molecule has 9 heteroatoms. The van der Waals surface area contributed by atoms with Gasteiger partial charge in [-0.1, -0.05) is 47.3 Å². The zero-order valence-corrected chi connectivity index (χ0v) is 20.6. The number of amides is 2. The molecule has 0 bridgehead atoms. The van der Waals surface area contributed by atoms with Crippen LogP contribution in [-0.4, -0.2) is 39.1 Å². The molecule has 0 unspecified atom stereocenters. The van der Waals surface area contributed by atoms with E-state index in [2.05, 4.69) is 26.6 Å². The van der Waals surface area contributed by atoms with Crippen LogP contribution in [0.4, 0.5) is 11.4 Å².